The molecule has 2 aliphatic rings. The van der Waals surface area contributed by atoms with Crippen molar-refractivity contribution in [3.05, 3.63) is 0 Å². The minimum Gasteiger partial charge on any atom is -0.478 e. The van der Waals surface area contributed by atoms with Crippen molar-refractivity contribution in [1.82, 2.24) is 0 Å². The number of carbonyl (C=O) groups excluding carboxylic acids is 1. The van der Waals surface area contributed by atoms with Gasteiger partial charge in [-0.1, -0.05) is 13.3 Å². The standard InChI is InChI=1S/C12H18O5/c1-2-3-12(9(13)14)8-11(10(15)17-12)4-6-16-7-5-11/h2-8H2,1H3,(H,13,14). The highest BCUT2D eigenvalue weighted by atomic mass is 16.6. The van der Waals surface area contributed by atoms with Gasteiger partial charge in [-0.2, -0.15) is 0 Å². The van der Waals surface area contributed by atoms with Crippen LogP contribution in [0.15, 0.2) is 0 Å². The van der Waals surface area contributed by atoms with E-state index in [1.54, 1.807) is 0 Å². The van der Waals surface area contributed by atoms with Crippen LogP contribution in [0.1, 0.15) is 39.0 Å². The van der Waals surface area contributed by atoms with Crippen molar-refractivity contribution in [3.8, 4) is 0 Å². The van der Waals surface area contributed by atoms with Crippen molar-refractivity contribution >= 4 is 11.9 Å². The molecule has 1 spiro atoms. The number of ether oxygens (including phenoxy) is 2. The zero-order valence-corrected chi connectivity index (χ0v) is 10.0. The van der Waals surface area contributed by atoms with Gasteiger partial charge in [0.15, 0.2) is 0 Å². The van der Waals surface area contributed by atoms with Gasteiger partial charge in [0.05, 0.1) is 5.41 Å². The molecule has 0 radical (unpaired) electrons. The molecule has 2 aliphatic heterocycles. The summed E-state index contributed by atoms with van der Waals surface area (Å²) < 4.78 is 10.5. The van der Waals surface area contributed by atoms with E-state index in [9.17, 15) is 14.7 Å². The van der Waals surface area contributed by atoms with Gasteiger partial charge < -0.3 is 14.6 Å². The van der Waals surface area contributed by atoms with Gasteiger partial charge in [0.1, 0.15) is 0 Å². The monoisotopic (exact) mass is 242 g/mol. The van der Waals surface area contributed by atoms with Gasteiger partial charge >= 0.3 is 11.9 Å². The van der Waals surface area contributed by atoms with E-state index in [0.29, 0.717) is 45.3 Å². The predicted octanol–water partition coefficient (Wildman–Crippen LogP) is 1.35. The molecule has 0 aliphatic carbocycles. The van der Waals surface area contributed by atoms with Crippen LogP contribution < -0.4 is 0 Å². The number of carbonyl (C=O) groups is 2. The lowest BCUT2D eigenvalue weighted by atomic mass is 9.73. The summed E-state index contributed by atoms with van der Waals surface area (Å²) in [5, 5.41) is 9.32. The first-order chi connectivity index (χ1) is 8.05. The van der Waals surface area contributed by atoms with E-state index in [4.69, 9.17) is 9.47 Å². The summed E-state index contributed by atoms with van der Waals surface area (Å²) in [5.74, 6) is -1.37. The van der Waals surface area contributed by atoms with Gasteiger partial charge in [-0.05, 0) is 19.3 Å². The quantitative estimate of drug-likeness (QED) is 0.756. The Bertz CT molecular complexity index is 332. The maximum atomic E-state index is 12.0. The Hall–Kier alpha value is -1.10. The van der Waals surface area contributed by atoms with Crippen molar-refractivity contribution in [2.45, 2.75) is 44.6 Å². The molecule has 5 nitrogen and oxygen atoms in total. The summed E-state index contributed by atoms with van der Waals surface area (Å²) in [5.41, 5.74) is -1.92. The molecule has 2 saturated heterocycles. The lowest BCUT2D eigenvalue weighted by Gasteiger charge is -2.30. The van der Waals surface area contributed by atoms with Crippen LogP contribution in [0, 0.1) is 5.41 Å². The van der Waals surface area contributed by atoms with Crippen LogP contribution in [-0.2, 0) is 19.1 Å². The van der Waals surface area contributed by atoms with E-state index in [-0.39, 0.29) is 5.97 Å². The number of esters is 1. The Morgan fingerprint density at radius 1 is 1.41 bits per heavy atom. The van der Waals surface area contributed by atoms with Crippen molar-refractivity contribution in [3.63, 3.8) is 0 Å². The number of cyclic esters (lactones) is 1. The normalized spacial score (nSPS) is 31.5. The predicted molar refractivity (Wildman–Crippen MR) is 58.5 cm³/mol. The van der Waals surface area contributed by atoms with Crippen LogP contribution in [-0.4, -0.2) is 35.9 Å². The van der Waals surface area contributed by atoms with Crippen LogP contribution in [0.2, 0.25) is 0 Å². The maximum absolute atomic E-state index is 12.0. The molecule has 2 heterocycles. The molecule has 1 atom stereocenters. The minimum atomic E-state index is -1.30. The van der Waals surface area contributed by atoms with Gasteiger partial charge in [0.25, 0.3) is 0 Å². The molecule has 0 bridgehead atoms. The molecule has 1 unspecified atom stereocenters. The van der Waals surface area contributed by atoms with Crippen LogP contribution in [0.4, 0.5) is 0 Å². The van der Waals surface area contributed by atoms with E-state index >= 15 is 0 Å². The summed E-state index contributed by atoms with van der Waals surface area (Å²) >= 11 is 0. The fourth-order valence-corrected chi connectivity index (χ4v) is 2.85. The number of rotatable bonds is 3. The smallest absolute Gasteiger partial charge is 0.348 e. The fraction of sp³-hybridized carbons (Fsp3) is 0.833. The Balaban J connectivity index is 2.24. The van der Waals surface area contributed by atoms with E-state index in [1.165, 1.54) is 0 Å². The third kappa shape index (κ3) is 1.92. The Kier molecular flexibility index (Phi) is 3.12. The number of hydrogen-bond acceptors (Lipinski definition) is 4. The number of hydrogen-bond donors (Lipinski definition) is 1. The average Bonchev–Trinajstić information content (AvgIpc) is 2.55. The first-order valence-electron chi connectivity index (χ1n) is 6.09. The van der Waals surface area contributed by atoms with Crippen molar-refractivity contribution in [2.75, 3.05) is 13.2 Å². The molecule has 17 heavy (non-hydrogen) atoms. The summed E-state index contributed by atoms with van der Waals surface area (Å²) in [6.45, 7) is 2.92. The fourth-order valence-electron chi connectivity index (χ4n) is 2.85. The summed E-state index contributed by atoms with van der Waals surface area (Å²) in [6, 6.07) is 0. The molecule has 2 rings (SSSR count). The molecule has 5 heteroatoms. The highest BCUT2D eigenvalue weighted by Crippen LogP contribution is 2.48. The topological polar surface area (TPSA) is 72.8 Å². The van der Waals surface area contributed by atoms with Crippen LogP contribution in [0.25, 0.3) is 0 Å². The first kappa shape index (κ1) is 12.4. The van der Waals surface area contributed by atoms with E-state index in [2.05, 4.69) is 0 Å². The highest BCUT2D eigenvalue weighted by molar-refractivity contribution is 5.89. The molecule has 2 fully saturated rings. The van der Waals surface area contributed by atoms with Gasteiger partial charge in [0, 0.05) is 19.6 Å². The summed E-state index contributed by atoms with van der Waals surface area (Å²) in [6.07, 6.45) is 2.52. The highest BCUT2D eigenvalue weighted by Gasteiger charge is 2.60. The number of carboxylic acids is 1. The third-order valence-electron chi connectivity index (χ3n) is 3.84. The van der Waals surface area contributed by atoms with E-state index in [0.717, 1.165) is 0 Å². The third-order valence-corrected chi connectivity index (χ3v) is 3.84. The maximum Gasteiger partial charge on any atom is 0.348 e. The van der Waals surface area contributed by atoms with Crippen LogP contribution >= 0.6 is 0 Å². The minimum absolute atomic E-state index is 0.297. The largest absolute Gasteiger partial charge is 0.478 e. The summed E-state index contributed by atoms with van der Waals surface area (Å²) in [4.78, 5) is 23.4. The average molecular weight is 242 g/mol. The second kappa shape index (κ2) is 4.29. The van der Waals surface area contributed by atoms with Gasteiger partial charge in [0.2, 0.25) is 5.60 Å². The number of carboxylic acid groups (broad SMARTS) is 1. The van der Waals surface area contributed by atoms with Crippen molar-refractivity contribution < 1.29 is 24.2 Å². The SMILES string of the molecule is CCCC1(C(=O)O)CC2(CCOCC2)C(=O)O1. The zero-order valence-electron chi connectivity index (χ0n) is 10.0. The van der Waals surface area contributed by atoms with E-state index < -0.39 is 17.0 Å². The lowest BCUT2D eigenvalue weighted by Crippen LogP contribution is -2.39. The van der Waals surface area contributed by atoms with Crippen LogP contribution in [0.5, 0.6) is 0 Å². The van der Waals surface area contributed by atoms with E-state index in [1.807, 2.05) is 6.92 Å². The number of aliphatic carboxylic acids is 1. The second-order valence-electron chi connectivity index (χ2n) is 5.01. The Morgan fingerprint density at radius 3 is 2.59 bits per heavy atom. The Morgan fingerprint density at radius 2 is 2.06 bits per heavy atom. The molecule has 0 saturated carbocycles. The van der Waals surface area contributed by atoms with Gasteiger partial charge in [-0.3, -0.25) is 4.79 Å². The molecular formula is C12H18O5. The van der Waals surface area contributed by atoms with Crippen LogP contribution in [0.3, 0.4) is 0 Å². The first-order valence-corrected chi connectivity index (χ1v) is 6.09. The molecule has 0 aromatic rings. The Labute approximate surface area is 100 Å². The zero-order chi connectivity index (χ0) is 12.5. The van der Waals surface area contributed by atoms with Gasteiger partial charge in [-0.25, -0.2) is 4.79 Å². The second-order valence-corrected chi connectivity index (χ2v) is 5.01. The molecule has 0 amide bonds. The van der Waals surface area contributed by atoms with Gasteiger partial charge in [-0.15, -0.1) is 0 Å². The molecule has 0 aromatic heterocycles. The molecule has 0 aromatic carbocycles. The molecule has 1 N–H and O–H groups in total. The molecule has 96 valence electrons. The lowest BCUT2D eigenvalue weighted by molar-refractivity contribution is -0.172. The van der Waals surface area contributed by atoms with Crippen molar-refractivity contribution in [1.29, 1.82) is 0 Å². The molecular weight excluding hydrogens is 224 g/mol. The van der Waals surface area contributed by atoms with Crippen molar-refractivity contribution in [2.24, 2.45) is 5.41 Å². The summed E-state index contributed by atoms with van der Waals surface area (Å²) in [7, 11) is 0.